The molecular weight excluding hydrogens is 293 g/mol. The van der Waals surface area contributed by atoms with Crippen molar-refractivity contribution >= 4 is 28.9 Å². The fraction of sp³-hybridized carbons (Fsp3) is 0.188. The third kappa shape index (κ3) is 3.52. The minimum absolute atomic E-state index is 0.190. The van der Waals surface area contributed by atoms with Gasteiger partial charge in [0.15, 0.2) is 0 Å². The molecule has 0 aromatic heterocycles. The fourth-order valence-corrected chi connectivity index (χ4v) is 2.31. The molecule has 1 N–H and O–H groups in total. The lowest BCUT2D eigenvalue weighted by Crippen LogP contribution is -2.10. The molecule has 0 aliphatic rings. The van der Waals surface area contributed by atoms with Gasteiger partial charge in [0.2, 0.25) is 0 Å². The highest BCUT2D eigenvalue weighted by molar-refractivity contribution is 6.33. The van der Waals surface area contributed by atoms with Crippen LogP contribution in [0.25, 0.3) is 0 Å². The summed E-state index contributed by atoms with van der Waals surface area (Å²) in [7, 11) is 0. The summed E-state index contributed by atoms with van der Waals surface area (Å²) < 4.78 is 14.6. The second kappa shape index (κ2) is 6.59. The Balaban J connectivity index is 2.47. The van der Waals surface area contributed by atoms with Crippen molar-refractivity contribution in [1.82, 2.24) is 0 Å². The zero-order valence-corrected chi connectivity index (χ0v) is 12.3. The Morgan fingerprint density at radius 1 is 1.24 bits per heavy atom. The number of aliphatic carboxylic acids is 1. The number of benzene rings is 2. The van der Waals surface area contributed by atoms with Crippen molar-refractivity contribution in [3.8, 4) is 0 Å². The summed E-state index contributed by atoms with van der Waals surface area (Å²) in [6, 6.07) is 11.6. The molecular formula is C16H15ClFNO2. The Kier molecular flexibility index (Phi) is 4.81. The molecule has 0 radical (unpaired) electrons. The number of hydrogen-bond acceptors (Lipinski definition) is 2. The van der Waals surface area contributed by atoms with Gasteiger partial charge < -0.3 is 5.11 Å². The number of carboxylic acids is 1. The van der Waals surface area contributed by atoms with Crippen molar-refractivity contribution in [3.63, 3.8) is 0 Å². The number of anilines is 2. The van der Waals surface area contributed by atoms with Crippen LogP contribution in [0, 0.1) is 0 Å². The van der Waals surface area contributed by atoms with Gasteiger partial charge in [-0.05, 0) is 35.7 Å². The minimum Gasteiger partial charge on any atom is -0.481 e. The lowest BCUT2D eigenvalue weighted by atomic mass is 10.0. The van der Waals surface area contributed by atoms with Gasteiger partial charge in [0.25, 0.3) is 0 Å². The minimum atomic E-state index is -1.00. The van der Waals surface area contributed by atoms with E-state index in [9.17, 15) is 9.28 Å². The zero-order chi connectivity index (χ0) is 15.4. The maximum atomic E-state index is 14.6. The standard InChI is InChI=1S/C16H15ClFNO2/c1-2-11-7-8-14(12(9-11)10-16(20)21)19(18)15-6-4-3-5-13(15)17/h3-9H,2,10H2,1H3,(H,20,21). The SMILES string of the molecule is CCc1ccc(N(F)c2ccccc2Cl)c(CC(=O)O)c1. The van der Waals surface area contributed by atoms with E-state index in [0.717, 1.165) is 12.0 Å². The molecule has 5 heteroatoms. The van der Waals surface area contributed by atoms with Crippen LogP contribution in [0.5, 0.6) is 0 Å². The summed E-state index contributed by atoms with van der Waals surface area (Å²) in [5.41, 5.74) is 1.77. The smallest absolute Gasteiger partial charge is 0.307 e. The van der Waals surface area contributed by atoms with E-state index in [1.165, 1.54) is 0 Å². The first-order chi connectivity index (χ1) is 10.0. The molecule has 21 heavy (non-hydrogen) atoms. The molecule has 0 aliphatic heterocycles. The van der Waals surface area contributed by atoms with Gasteiger partial charge in [-0.3, -0.25) is 4.79 Å². The Morgan fingerprint density at radius 2 is 1.95 bits per heavy atom. The first-order valence-corrected chi connectivity index (χ1v) is 6.94. The Labute approximate surface area is 127 Å². The average molecular weight is 308 g/mol. The predicted molar refractivity (Wildman–Crippen MR) is 81.9 cm³/mol. The fourth-order valence-electron chi connectivity index (χ4n) is 2.10. The molecule has 0 saturated heterocycles. The van der Waals surface area contributed by atoms with Gasteiger partial charge in [0.05, 0.1) is 22.8 Å². The number of aryl methyl sites for hydroxylation is 1. The number of rotatable bonds is 5. The number of carboxylic acid groups (broad SMARTS) is 1. The van der Waals surface area contributed by atoms with Crippen LogP contribution in [0.2, 0.25) is 5.02 Å². The zero-order valence-electron chi connectivity index (χ0n) is 11.5. The van der Waals surface area contributed by atoms with Crippen molar-refractivity contribution < 1.29 is 14.4 Å². The van der Waals surface area contributed by atoms with Gasteiger partial charge in [-0.2, -0.15) is 5.12 Å². The summed E-state index contributed by atoms with van der Waals surface area (Å²) in [6.07, 6.45) is 0.513. The van der Waals surface area contributed by atoms with Gasteiger partial charge >= 0.3 is 5.97 Å². The van der Waals surface area contributed by atoms with Crippen molar-refractivity contribution in [1.29, 1.82) is 0 Å². The van der Waals surface area contributed by atoms with Gasteiger partial charge in [0, 0.05) is 0 Å². The topological polar surface area (TPSA) is 40.5 Å². The van der Waals surface area contributed by atoms with Crippen molar-refractivity contribution in [3.05, 3.63) is 58.6 Å². The van der Waals surface area contributed by atoms with E-state index >= 15 is 0 Å². The first kappa shape index (κ1) is 15.3. The molecule has 0 amide bonds. The van der Waals surface area contributed by atoms with Crippen LogP contribution in [0.4, 0.5) is 15.9 Å². The number of nitrogens with zero attached hydrogens (tertiary/aromatic N) is 1. The predicted octanol–water partition coefficient (Wildman–Crippen LogP) is 4.55. The molecule has 3 nitrogen and oxygen atoms in total. The number of para-hydroxylation sites is 1. The second-order valence-electron chi connectivity index (χ2n) is 4.62. The van der Waals surface area contributed by atoms with Crippen LogP contribution >= 0.6 is 11.6 Å². The van der Waals surface area contributed by atoms with Gasteiger partial charge in [-0.1, -0.05) is 47.3 Å². The first-order valence-electron chi connectivity index (χ1n) is 6.57. The van der Waals surface area contributed by atoms with Crippen molar-refractivity contribution in [2.24, 2.45) is 0 Å². The molecule has 0 unspecified atom stereocenters. The molecule has 0 heterocycles. The summed E-state index contributed by atoms with van der Waals surface area (Å²) in [5.74, 6) is -1.00. The van der Waals surface area contributed by atoms with E-state index in [1.807, 2.05) is 6.92 Å². The number of carbonyl (C=O) groups is 1. The molecule has 0 fully saturated rings. The third-order valence-corrected chi connectivity index (χ3v) is 3.49. The van der Waals surface area contributed by atoms with Crippen molar-refractivity contribution in [2.45, 2.75) is 19.8 Å². The molecule has 0 saturated carbocycles. The second-order valence-corrected chi connectivity index (χ2v) is 5.03. The van der Waals surface area contributed by atoms with Crippen LogP contribution in [0.3, 0.4) is 0 Å². The average Bonchev–Trinajstić information content (AvgIpc) is 2.46. The van der Waals surface area contributed by atoms with E-state index in [0.29, 0.717) is 10.7 Å². The monoisotopic (exact) mass is 307 g/mol. The molecule has 0 spiro atoms. The third-order valence-electron chi connectivity index (χ3n) is 3.17. The van der Waals surface area contributed by atoms with E-state index < -0.39 is 5.97 Å². The maximum Gasteiger partial charge on any atom is 0.307 e. The Bertz CT molecular complexity index is 660. The van der Waals surface area contributed by atoms with Gasteiger partial charge in [-0.25, -0.2) is 0 Å². The molecule has 2 aromatic carbocycles. The van der Waals surface area contributed by atoms with E-state index in [4.69, 9.17) is 16.7 Å². The van der Waals surface area contributed by atoms with E-state index in [1.54, 1.807) is 42.5 Å². The molecule has 2 aromatic rings. The lowest BCUT2D eigenvalue weighted by Gasteiger charge is -2.19. The maximum absolute atomic E-state index is 14.6. The molecule has 110 valence electrons. The summed E-state index contributed by atoms with van der Waals surface area (Å²) in [6.45, 7) is 1.96. The van der Waals surface area contributed by atoms with E-state index in [-0.39, 0.29) is 22.8 Å². The molecule has 0 bridgehead atoms. The summed E-state index contributed by atoms with van der Waals surface area (Å²) in [4.78, 5) is 11.0. The highest BCUT2D eigenvalue weighted by Crippen LogP contribution is 2.34. The van der Waals surface area contributed by atoms with Crippen LogP contribution in [0.1, 0.15) is 18.1 Å². The quantitative estimate of drug-likeness (QED) is 0.824. The van der Waals surface area contributed by atoms with Crippen LogP contribution in [0.15, 0.2) is 42.5 Å². The molecule has 0 aliphatic carbocycles. The highest BCUT2D eigenvalue weighted by Gasteiger charge is 2.17. The Morgan fingerprint density at radius 3 is 2.57 bits per heavy atom. The number of halogens is 2. The van der Waals surface area contributed by atoms with Crippen LogP contribution < -0.4 is 5.12 Å². The largest absolute Gasteiger partial charge is 0.481 e. The van der Waals surface area contributed by atoms with Crippen LogP contribution in [-0.4, -0.2) is 11.1 Å². The normalized spacial score (nSPS) is 10.4. The Hall–Kier alpha value is -2.07. The van der Waals surface area contributed by atoms with Gasteiger partial charge in [-0.15, -0.1) is 0 Å². The highest BCUT2D eigenvalue weighted by atomic mass is 35.5. The van der Waals surface area contributed by atoms with Crippen LogP contribution in [-0.2, 0) is 17.6 Å². The number of hydrogen-bond donors (Lipinski definition) is 1. The summed E-state index contributed by atoms with van der Waals surface area (Å²) in [5, 5.41) is 9.69. The van der Waals surface area contributed by atoms with E-state index in [2.05, 4.69) is 0 Å². The lowest BCUT2D eigenvalue weighted by molar-refractivity contribution is -0.136. The van der Waals surface area contributed by atoms with Crippen molar-refractivity contribution in [2.75, 3.05) is 5.12 Å². The summed E-state index contributed by atoms with van der Waals surface area (Å²) >= 11 is 5.99. The van der Waals surface area contributed by atoms with Gasteiger partial charge in [0.1, 0.15) is 0 Å². The molecule has 2 rings (SSSR count). The molecule has 0 atom stereocenters.